The molecule has 1 rings (SSSR count). The third kappa shape index (κ3) is 3.34. The van der Waals surface area contributed by atoms with Gasteiger partial charge in [0.1, 0.15) is 6.10 Å². The van der Waals surface area contributed by atoms with Gasteiger partial charge in [0.2, 0.25) is 0 Å². The predicted molar refractivity (Wildman–Crippen MR) is 57.5 cm³/mol. The highest BCUT2D eigenvalue weighted by Gasteiger charge is 2.22. The van der Waals surface area contributed by atoms with Crippen molar-refractivity contribution in [3.05, 3.63) is 41.1 Å². The summed E-state index contributed by atoms with van der Waals surface area (Å²) >= 11 is 0. The summed E-state index contributed by atoms with van der Waals surface area (Å²) in [7, 11) is 0. The number of rotatable bonds is 4. The molecule has 0 aromatic heterocycles. The van der Waals surface area contributed by atoms with Crippen LogP contribution >= 0.6 is 0 Å². The van der Waals surface area contributed by atoms with Crippen molar-refractivity contribution in [3.63, 3.8) is 0 Å². The van der Waals surface area contributed by atoms with Crippen molar-refractivity contribution in [2.75, 3.05) is 0 Å². The molecule has 0 amide bonds. The van der Waals surface area contributed by atoms with Gasteiger partial charge in [0.15, 0.2) is 6.21 Å². The Labute approximate surface area is 88.7 Å². The van der Waals surface area contributed by atoms with Gasteiger partial charge in [-0.25, -0.2) is 0 Å². The lowest BCUT2D eigenvalue weighted by molar-refractivity contribution is -0.561. The summed E-state index contributed by atoms with van der Waals surface area (Å²) in [5, 5.41) is 29.9. The molecule has 0 heterocycles. The summed E-state index contributed by atoms with van der Waals surface area (Å²) < 4.78 is 0.341. The van der Waals surface area contributed by atoms with E-state index >= 15 is 0 Å². The van der Waals surface area contributed by atoms with E-state index in [9.17, 15) is 15.4 Å². The summed E-state index contributed by atoms with van der Waals surface area (Å²) in [6.07, 6.45) is -1.05. The van der Waals surface area contributed by atoms with Crippen molar-refractivity contribution in [1.29, 1.82) is 0 Å². The molecular formula is C11H15NO3. The predicted octanol–water partition coefficient (Wildman–Crippen LogP) is 0.509. The number of nitrogens with zero attached hydrogens (tertiary/aromatic N) is 1. The number of hydrogen-bond acceptors (Lipinski definition) is 3. The van der Waals surface area contributed by atoms with Gasteiger partial charge in [0, 0.05) is 13.3 Å². The van der Waals surface area contributed by atoms with Crippen LogP contribution in [0, 0.1) is 5.21 Å². The molecule has 0 saturated heterocycles. The first-order chi connectivity index (χ1) is 7.15. The van der Waals surface area contributed by atoms with E-state index in [0.717, 1.165) is 5.56 Å². The fraction of sp³-hybridized carbons (Fsp3) is 0.364. The number of hydrogen-bond donors (Lipinski definition) is 2. The number of hydroxylamine groups is 1. The molecule has 0 aliphatic rings. The van der Waals surface area contributed by atoms with Crippen molar-refractivity contribution >= 4 is 6.21 Å². The molecule has 0 radical (unpaired) electrons. The van der Waals surface area contributed by atoms with Crippen LogP contribution in [0.3, 0.4) is 0 Å². The van der Waals surface area contributed by atoms with Gasteiger partial charge in [-0.2, -0.15) is 4.74 Å². The van der Waals surface area contributed by atoms with Gasteiger partial charge >= 0.3 is 0 Å². The second-order valence-corrected chi connectivity index (χ2v) is 3.29. The first-order valence-corrected chi connectivity index (χ1v) is 4.80. The fourth-order valence-electron chi connectivity index (χ4n) is 1.28. The third-order valence-corrected chi connectivity index (χ3v) is 2.15. The Bertz CT molecular complexity index is 324. The van der Waals surface area contributed by atoms with Gasteiger partial charge < -0.3 is 15.4 Å². The average molecular weight is 209 g/mol. The van der Waals surface area contributed by atoms with E-state index in [1.807, 2.05) is 30.3 Å². The zero-order chi connectivity index (χ0) is 11.3. The molecule has 15 heavy (non-hydrogen) atoms. The van der Waals surface area contributed by atoms with Crippen LogP contribution in [0.15, 0.2) is 30.3 Å². The number of aliphatic hydroxyl groups excluding tert-OH is 2. The van der Waals surface area contributed by atoms with Crippen LogP contribution in [0.4, 0.5) is 0 Å². The van der Waals surface area contributed by atoms with E-state index in [1.54, 1.807) is 0 Å². The van der Waals surface area contributed by atoms with Crippen LogP contribution in [-0.4, -0.2) is 33.5 Å². The molecule has 0 aliphatic heterocycles. The molecular weight excluding hydrogens is 194 g/mol. The van der Waals surface area contributed by atoms with Crippen LogP contribution in [0.5, 0.6) is 0 Å². The zero-order valence-electron chi connectivity index (χ0n) is 8.58. The SMILES string of the molecule is CC=[N+]([O-])C(O)C(O)Cc1ccccc1. The maximum Gasteiger partial charge on any atom is 0.291 e. The van der Waals surface area contributed by atoms with Crippen LogP contribution in [0.2, 0.25) is 0 Å². The molecule has 0 aliphatic carbocycles. The molecule has 2 unspecified atom stereocenters. The molecule has 2 atom stereocenters. The van der Waals surface area contributed by atoms with Gasteiger partial charge in [0.25, 0.3) is 6.23 Å². The molecule has 1 aromatic rings. The van der Waals surface area contributed by atoms with Crippen molar-refractivity contribution in [3.8, 4) is 0 Å². The summed E-state index contributed by atoms with van der Waals surface area (Å²) in [4.78, 5) is 0. The Morgan fingerprint density at radius 2 is 1.93 bits per heavy atom. The van der Waals surface area contributed by atoms with Crippen LogP contribution in [0.1, 0.15) is 12.5 Å². The van der Waals surface area contributed by atoms with Crippen LogP contribution in [-0.2, 0) is 6.42 Å². The first kappa shape index (κ1) is 11.7. The average Bonchev–Trinajstić information content (AvgIpc) is 2.28. The summed E-state index contributed by atoms with van der Waals surface area (Å²) in [5.74, 6) is 0. The van der Waals surface area contributed by atoms with E-state index < -0.39 is 12.3 Å². The Balaban J connectivity index is 2.60. The molecule has 0 fully saturated rings. The lowest BCUT2D eigenvalue weighted by Crippen LogP contribution is -2.36. The molecule has 1 aromatic carbocycles. The highest BCUT2D eigenvalue weighted by molar-refractivity contribution is 5.46. The lowest BCUT2D eigenvalue weighted by atomic mass is 10.1. The summed E-state index contributed by atoms with van der Waals surface area (Å²) in [6, 6.07) is 9.22. The van der Waals surface area contributed by atoms with E-state index in [4.69, 9.17) is 0 Å². The fourth-order valence-corrected chi connectivity index (χ4v) is 1.28. The second kappa shape index (κ2) is 5.48. The van der Waals surface area contributed by atoms with Gasteiger partial charge in [-0.3, -0.25) is 0 Å². The minimum Gasteiger partial charge on any atom is -0.622 e. The van der Waals surface area contributed by atoms with Crippen molar-refractivity contribution in [2.24, 2.45) is 0 Å². The van der Waals surface area contributed by atoms with Crippen molar-refractivity contribution in [2.45, 2.75) is 25.7 Å². The monoisotopic (exact) mass is 209 g/mol. The second-order valence-electron chi connectivity index (χ2n) is 3.29. The Morgan fingerprint density at radius 3 is 2.47 bits per heavy atom. The number of aliphatic hydroxyl groups is 2. The molecule has 0 spiro atoms. The normalized spacial score (nSPS) is 16.1. The maximum atomic E-state index is 11.0. The summed E-state index contributed by atoms with van der Waals surface area (Å²) in [5.41, 5.74) is 0.883. The Hall–Kier alpha value is -1.39. The van der Waals surface area contributed by atoms with E-state index in [1.165, 1.54) is 13.1 Å². The lowest BCUT2D eigenvalue weighted by Gasteiger charge is -2.16. The quantitative estimate of drug-likeness (QED) is 0.249. The minimum atomic E-state index is -1.41. The van der Waals surface area contributed by atoms with Crippen molar-refractivity contribution in [1.82, 2.24) is 0 Å². The molecule has 0 saturated carbocycles. The zero-order valence-corrected chi connectivity index (χ0v) is 8.58. The van der Waals surface area contributed by atoms with Crippen molar-refractivity contribution < 1.29 is 15.0 Å². The molecule has 82 valence electrons. The minimum absolute atomic E-state index is 0.259. The van der Waals surface area contributed by atoms with Gasteiger partial charge in [-0.05, 0) is 5.56 Å². The highest BCUT2D eigenvalue weighted by atomic mass is 16.5. The molecule has 2 N–H and O–H groups in total. The Morgan fingerprint density at radius 1 is 1.33 bits per heavy atom. The van der Waals surface area contributed by atoms with E-state index in [0.29, 0.717) is 4.74 Å². The largest absolute Gasteiger partial charge is 0.622 e. The molecule has 4 heteroatoms. The highest BCUT2D eigenvalue weighted by Crippen LogP contribution is 2.06. The number of benzene rings is 1. The maximum absolute atomic E-state index is 11.0. The van der Waals surface area contributed by atoms with Crippen LogP contribution < -0.4 is 0 Å². The first-order valence-electron chi connectivity index (χ1n) is 4.80. The molecule has 0 bridgehead atoms. The summed E-state index contributed by atoms with van der Waals surface area (Å²) in [6.45, 7) is 1.51. The molecule has 4 nitrogen and oxygen atoms in total. The Kier molecular flexibility index (Phi) is 4.27. The van der Waals surface area contributed by atoms with Gasteiger partial charge in [0.05, 0.1) is 0 Å². The van der Waals surface area contributed by atoms with Gasteiger partial charge in [-0.1, -0.05) is 30.3 Å². The smallest absolute Gasteiger partial charge is 0.291 e. The standard InChI is InChI=1S/C11H15NO3/c1-2-12(15)11(14)10(13)8-9-6-4-3-5-7-9/h2-7,10-11,13-14H,8H2,1H3. The van der Waals surface area contributed by atoms with Gasteiger partial charge in [-0.15, -0.1) is 0 Å². The van der Waals surface area contributed by atoms with E-state index in [-0.39, 0.29) is 6.42 Å². The topological polar surface area (TPSA) is 66.5 Å². The van der Waals surface area contributed by atoms with Crippen LogP contribution in [0.25, 0.3) is 0 Å². The third-order valence-electron chi connectivity index (χ3n) is 2.15. The van der Waals surface area contributed by atoms with E-state index in [2.05, 4.69) is 0 Å².